The summed E-state index contributed by atoms with van der Waals surface area (Å²) in [6.07, 6.45) is 4.56. The van der Waals surface area contributed by atoms with Crippen molar-refractivity contribution in [1.29, 1.82) is 5.41 Å². The van der Waals surface area contributed by atoms with E-state index in [4.69, 9.17) is 5.41 Å². The van der Waals surface area contributed by atoms with Gasteiger partial charge >= 0.3 is 0 Å². The number of hydrogen-bond acceptors (Lipinski definition) is 2. The lowest BCUT2D eigenvalue weighted by Gasteiger charge is -1.96. The van der Waals surface area contributed by atoms with Gasteiger partial charge in [-0.2, -0.15) is 0 Å². The van der Waals surface area contributed by atoms with Crippen molar-refractivity contribution in [3.63, 3.8) is 0 Å². The fraction of sp³-hybridized carbons (Fsp3) is 0.429. The molecule has 0 bridgehead atoms. The molecule has 0 saturated carbocycles. The van der Waals surface area contributed by atoms with Crippen LogP contribution < -0.4 is 10.6 Å². The van der Waals surface area contributed by atoms with Crippen molar-refractivity contribution in [3.05, 3.63) is 12.3 Å². The first kappa shape index (κ1) is 9.68. The van der Waals surface area contributed by atoms with Crippen molar-refractivity contribution in [2.24, 2.45) is 4.99 Å². The summed E-state index contributed by atoms with van der Waals surface area (Å²) in [5.41, 5.74) is 0. The predicted molar refractivity (Wildman–Crippen MR) is 48.1 cm³/mol. The molecule has 0 aliphatic heterocycles. The Morgan fingerprint density at radius 1 is 1.64 bits per heavy atom. The molecule has 11 heavy (non-hydrogen) atoms. The number of aliphatic imine (C=N–C) groups is 1. The van der Waals surface area contributed by atoms with Crippen LogP contribution in [-0.2, 0) is 0 Å². The molecule has 0 rings (SSSR count). The molecule has 0 radical (unpaired) electrons. The van der Waals surface area contributed by atoms with Gasteiger partial charge in [-0.15, -0.1) is 0 Å². The summed E-state index contributed by atoms with van der Waals surface area (Å²) >= 11 is 0. The topological polar surface area (TPSA) is 60.3 Å². The lowest BCUT2D eigenvalue weighted by atomic mass is 10.5. The Bertz CT molecular complexity index is 160. The second-order valence-electron chi connectivity index (χ2n) is 1.78. The minimum absolute atomic E-state index is 0.668. The molecule has 0 saturated heterocycles. The van der Waals surface area contributed by atoms with E-state index in [0.717, 1.165) is 12.9 Å². The maximum absolute atomic E-state index is 6.71. The van der Waals surface area contributed by atoms with Crippen LogP contribution in [0.5, 0.6) is 0 Å². The van der Waals surface area contributed by atoms with E-state index in [0.29, 0.717) is 5.84 Å². The van der Waals surface area contributed by atoms with Gasteiger partial charge in [0.15, 0.2) is 0 Å². The summed E-state index contributed by atoms with van der Waals surface area (Å²) in [6.45, 7) is 2.90. The monoisotopic (exact) mass is 154 g/mol. The van der Waals surface area contributed by atoms with Gasteiger partial charge in [-0.05, 0) is 13.0 Å². The van der Waals surface area contributed by atoms with Crippen molar-refractivity contribution in [2.75, 3.05) is 13.6 Å². The molecule has 0 aromatic carbocycles. The van der Waals surface area contributed by atoms with E-state index in [-0.39, 0.29) is 0 Å². The SMILES string of the molecule is CCN/C=C/C(=N\C=N)NC. The Kier molecular flexibility index (Phi) is 5.98. The zero-order chi connectivity index (χ0) is 8.53. The third-order valence-corrected chi connectivity index (χ3v) is 1.02. The van der Waals surface area contributed by atoms with E-state index >= 15 is 0 Å². The second-order valence-corrected chi connectivity index (χ2v) is 1.78. The van der Waals surface area contributed by atoms with Gasteiger partial charge in [0.05, 0.1) is 0 Å². The molecule has 0 aromatic heterocycles. The minimum Gasteiger partial charge on any atom is -0.391 e. The van der Waals surface area contributed by atoms with Gasteiger partial charge in [0.2, 0.25) is 0 Å². The summed E-state index contributed by atoms with van der Waals surface area (Å²) in [6, 6.07) is 0. The summed E-state index contributed by atoms with van der Waals surface area (Å²) < 4.78 is 0. The average Bonchev–Trinajstić information content (AvgIpc) is 2.03. The Hall–Kier alpha value is -1.32. The molecule has 0 aliphatic carbocycles. The van der Waals surface area contributed by atoms with Crippen molar-refractivity contribution in [2.45, 2.75) is 6.92 Å². The van der Waals surface area contributed by atoms with Crippen LogP contribution in [0.3, 0.4) is 0 Å². The molecule has 0 atom stereocenters. The number of nitrogens with zero attached hydrogens (tertiary/aromatic N) is 1. The number of nitrogens with one attached hydrogen (secondary N) is 3. The first-order valence-corrected chi connectivity index (χ1v) is 3.49. The predicted octanol–water partition coefficient (Wildman–Crippen LogP) is 0.335. The second kappa shape index (κ2) is 6.80. The maximum atomic E-state index is 6.71. The van der Waals surface area contributed by atoms with E-state index < -0.39 is 0 Å². The number of hydrogen-bond donors (Lipinski definition) is 3. The van der Waals surface area contributed by atoms with Gasteiger partial charge in [-0.3, -0.25) is 5.41 Å². The third-order valence-electron chi connectivity index (χ3n) is 1.02. The molecule has 3 N–H and O–H groups in total. The van der Waals surface area contributed by atoms with Gasteiger partial charge in [-0.1, -0.05) is 0 Å². The van der Waals surface area contributed by atoms with E-state index in [2.05, 4.69) is 15.6 Å². The van der Waals surface area contributed by atoms with Crippen molar-refractivity contribution < 1.29 is 0 Å². The summed E-state index contributed by atoms with van der Waals surface area (Å²) in [4.78, 5) is 3.73. The van der Waals surface area contributed by atoms with Crippen LogP contribution in [0.2, 0.25) is 0 Å². The Morgan fingerprint density at radius 2 is 2.36 bits per heavy atom. The van der Waals surface area contributed by atoms with Crippen LogP contribution in [0.1, 0.15) is 6.92 Å². The normalized spacial score (nSPS) is 11.6. The lowest BCUT2D eigenvalue weighted by molar-refractivity contribution is 0.919. The van der Waals surface area contributed by atoms with Crippen LogP contribution >= 0.6 is 0 Å². The van der Waals surface area contributed by atoms with E-state index in [1.807, 2.05) is 6.92 Å². The van der Waals surface area contributed by atoms with Gasteiger partial charge in [-0.25, -0.2) is 4.99 Å². The zero-order valence-corrected chi connectivity index (χ0v) is 6.89. The fourth-order valence-corrected chi connectivity index (χ4v) is 0.516. The Morgan fingerprint density at radius 3 is 2.82 bits per heavy atom. The van der Waals surface area contributed by atoms with Crippen molar-refractivity contribution in [1.82, 2.24) is 10.6 Å². The summed E-state index contributed by atoms with van der Waals surface area (Å²) in [5.74, 6) is 0.668. The molecule has 4 heteroatoms. The van der Waals surface area contributed by atoms with Crippen LogP contribution in [0.4, 0.5) is 0 Å². The highest BCUT2D eigenvalue weighted by Crippen LogP contribution is 1.73. The fourth-order valence-electron chi connectivity index (χ4n) is 0.516. The standard InChI is InChI=1S/C7H14N4/c1-3-10-5-4-7(9-2)11-6-8/h4-6,10H,3H2,1-2H3,(H2,8,9,11)/b5-4+. The van der Waals surface area contributed by atoms with Crippen LogP contribution in [0.15, 0.2) is 17.3 Å². The van der Waals surface area contributed by atoms with E-state index in [1.165, 1.54) is 0 Å². The smallest absolute Gasteiger partial charge is 0.128 e. The summed E-state index contributed by atoms with van der Waals surface area (Å²) in [7, 11) is 1.76. The molecule has 0 heterocycles. The van der Waals surface area contributed by atoms with Gasteiger partial charge in [0.1, 0.15) is 12.2 Å². The first-order chi connectivity index (χ1) is 5.35. The molecule has 0 aliphatic rings. The molecule has 0 spiro atoms. The number of amidine groups is 1. The van der Waals surface area contributed by atoms with Crippen molar-refractivity contribution >= 4 is 12.2 Å². The molecule has 0 unspecified atom stereocenters. The molecular weight excluding hydrogens is 140 g/mol. The van der Waals surface area contributed by atoms with E-state index in [1.54, 1.807) is 19.3 Å². The summed E-state index contributed by atoms with van der Waals surface area (Å²) in [5, 5.41) is 12.5. The number of rotatable bonds is 4. The zero-order valence-electron chi connectivity index (χ0n) is 6.89. The van der Waals surface area contributed by atoms with Crippen LogP contribution in [-0.4, -0.2) is 25.8 Å². The Labute approximate surface area is 66.9 Å². The third kappa shape index (κ3) is 5.14. The van der Waals surface area contributed by atoms with Crippen LogP contribution in [0, 0.1) is 5.41 Å². The lowest BCUT2D eigenvalue weighted by Crippen LogP contribution is -2.16. The van der Waals surface area contributed by atoms with Gasteiger partial charge in [0, 0.05) is 19.8 Å². The van der Waals surface area contributed by atoms with Crippen molar-refractivity contribution in [3.8, 4) is 0 Å². The molecule has 62 valence electrons. The van der Waals surface area contributed by atoms with Gasteiger partial charge in [0.25, 0.3) is 0 Å². The highest BCUT2D eigenvalue weighted by molar-refractivity contribution is 5.96. The van der Waals surface area contributed by atoms with Crippen LogP contribution in [0.25, 0.3) is 0 Å². The largest absolute Gasteiger partial charge is 0.391 e. The molecule has 0 amide bonds. The Balaban J connectivity index is 3.86. The first-order valence-electron chi connectivity index (χ1n) is 3.49. The molecule has 0 fully saturated rings. The van der Waals surface area contributed by atoms with E-state index in [9.17, 15) is 0 Å². The maximum Gasteiger partial charge on any atom is 0.128 e. The molecule has 0 aromatic rings. The van der Waals surface area contributed by atoms with Gasteiger partial charge < -0.3 is 10.6 Å². The molecular formula is C7H14N4. The minimum atomic E-state index is 0.668. The molecule has 4 nitrogen and oxygen atoms in total. The highest BCUT2D eigenvalue weighted by Gasteiger charge is 1.83. The highest BCUT2D eigenvalue weighted by atomic mass is 15.0. The average molecular weight is 154 g/mol. The number of likely N-dealkylation sites (N-methyl/N-ethyl adjacent to an activating group) is 1. The quantitative estimate of drug-likeness (QED) is 0.404.